The zero-order valence-electron chi connectivity index (χ0n) is 9.06. The van der Waals surface area contributed by atoms with Crippen molar-refractivity contribution in [3.63, 3.8) is 0 Å². The maximum absolute atomic E-state index is 5.67. The van der Waals surface area contributed by atoms with Crippen LogP contribution in [0, 0.1) is 0 Å². The van der Waals surface area contributed by atoms with E-state index in [1.165, 1.54) is 51.4 Å². The zero-order valence-corrected chi connectivity index (χ0v) is 9.06. The SMILES string of the molecule is CCOC1CCCCCCCC1.N. The molecular weight excluding hydrogens is 162 g/mol. The minimum Gasteiger partial charge on any atom is -0.379 e. The highest BCUT2D eigenvalue weighted by molar-refractivity contribution is 4.61. The summed E-state index contributed by atoms with van der Waals surface area (Å²) in [5.41, 5.74) is 0. The fourth-order valence-corrected chi connectivity index (χ4v) is 2.00. The van der Waals surface area contributed by atoms with E-state index in [4.69, 9.17) is 4.74 Å². The van der Waals surface area contributed by atoms with Crippen molar-refractivity contribution in [2.24, 2.45) is 0 Å². The van der Waals surface area contributed by atoms with Crippen LogP contribution >= 0.6 is 0 Å². The van der Waals surface area contributed by atoms with Crippen LogP contribution in [0.4, 0.5) is 0 Å². The van der Waals surface area contributed by atoms with Crippen LogP contribution in [0.3, 0.4) is 0 Å². The third-order valence-electron chi connectivity index (χ3n) is 2.70. The predicted molar refractivity (Wildman–Crippen MR) is 57.4 cm³/mol. The van der Waals surface area contributed by atoms with Gasteiger partial charge in [-0.3, -0.25) is 0 Å². The first kappa shape index (κ1) is 12.9. The molecule has 1 fully saturated rings. The van der Waals surface area contributed by atoms with Crippen molar-refractivity contribution >= 4 is 0 Å². The molecule has 3 N–H and O–H groups in total. The second-order valence-electron chi connectivity index (χ2n) is 3.78. The Hall–Kier alpha value is -0.0800. The summed E-state index contributed by atoms with van der Waals surface area (Å²) in [4.78, 5) is 0. The quantitative estimate of drug-likeness (QED) is 0.716. The molecule has 13 heavy (non-hydrogen) atoms. The fraction of sp³-hybridized carbons (Fsp3) is 1.00. The normalized spacial score (nSPS) is 21.0. The van der Waals surface area contributed by atoms with Crippen LogP contribution in [0.1, 0.15) is 58.3 Å². The highest BCUT2D eigenvalue weighted by Gasteiger charge is 2.09. The Morgan fingerprint density at radius 2 is 1.38 bits per heavy atom. The molecule has 2 nitrogen and oxygen atoms in total. The molecule has 0 amide bonds. The average Bonchev–Trinajstić information content (AvgIpc) is 2.19. The number of rotatable bonds is 2. The minimum atomic E-state index is 0. The molecule has 0 aromatic rings. The van der Waals surface area contributed by atoms with Gasteiger partial charge in [0.05, 0.1) is 6.10 Å². The van der Waals surface area contributed by atoms with E-state index in [9.17, 15) is 0 Å². The standard InChI is InChI=1S/C11H22O.H3N/c1-2-12-11-9-7-5-3-4-6-8-10-11;/h11H,2-10H2,1H3;1H3. The molecule has 0 aromatic carbocycles. The largest absolute Gasteiger partial charge is 0.379 e. The van der Waals surface area contributed by atoms with Crippen molar-refractivity contribution in [3.05, 3.63) is 0 Å². The molecule has 1 rings (SSSR count). The van der Waals surface area contributed by atoms with Crippen LogP contribution in [0.5, 0.6) is 0 Å². The molecule has 0 spiro atoms. The van der Waals surface area contributed by atoms with Gasteiger partial charge >= 0.3 is 0 Å². The van der Waals surface area contributed by atoms with E-state index >= 15 is 0 Å². The molecule has 0 heterocycles. The second-order valence-corrected chi connectivity index (χ2v) is 3.78. The molecule has 1 aliphatic carbocycles. The van der Waals surface area contributed by atoms with E-state index in [2.05, 4.69) is 6.92 Å². The first-order valence-corrected chi connectivity index (χ1v) is 5.55. The molecule has 1 saturated carbocycles. The monoisotopic (exact) mass is 187 g/mol. The van der Waals surface area contributed by atoms with Gasteiger partial charge in [0, 0.05) is 6.61 Å². The second kappa shape index (κ2) is 8.52. The van der Waals surface area contributed by atoms with Crippen molar-refractivity contribution in [1.29, 1.82) is 0 Å². The highest BCUT2D eigenvalue weighted by Crippen LogP contribution is 2.18. The third-order valence-corrected chi connectivity index (χ3v) is 2.70. The Morgan fingerprint density at radius 1 is 0.923 bits per heavy atom. The molecule has 80 valence electrons. The molecule has 0 bridgehead atoms. The number of hydrogen-bond acceptors (Lipinski definition) is 2. The van der Waals surface area contributed by atoms with Gasteiger partial charge in [0.1, 0.15) is 0 Å². The van der Waals surface area contributed by atoms with E-state index in [0.717, 1.165) is 6.61 Å². The summed E-state index contributed by atoms with van der Waals surface area (Å²) in [6, 6.07) is 0. The van der Waals surface area contributed by atoms with Gasteiger partial charge in [-0.1, -0.05) is 38.5 Å². The smallest absolute Gasteiger partial charge is 0.0575 e. The summed E-state index contributed by atoms with van der Waals surface area (Å²) in [6.07, 6.45) is 11.7. The summed E-state index contributed by atoms with van der Waals surface area (Å²) < 4.78 is 5.67. The van der Waals surface area contributed by atoms with Crippen LogP contribution in [0.15, 0.2) is 0 Å². The molecule has 2 heteroatoms. The van der Waals surface area contributed by atoms with Crippen LogP contribution in [0.25, 0.3) is 0 Å². The molecular formula is C11H25NO. The van der Waals surface area contributed by atoms with Gasteiger partial charge < -0.3 is 10.9 Å². The van der Waals surface area contributed by atoms with Crippen LogP contribution in [-0.2, 0) is 4.74 Å². The molecule has 0 saturated heterocycles. The Balaban J connectivity index is 0.00000144. The first-order valence-electron chi connectivity index (χ1n) is 5.55. The topological polar surface area (TPSA) is 44.2 Å². The van der Waals surface area contributed by atoms with Crippen molar-refractivity contribution in [1.82, 2.24) is 6.15 Å². The summed E-state index contributed by atoms with van der Waals surface area (Å²) in [7, 11) is 0. The Kier molecular flexibility index (Phi) is 8.46. The van der Waals surface area contributed by atoms with Crippen LogP contribution in [0.2, 0.25) is 0 Å². The molecule has 0 radical (unpaired) electrons. The van der Waals surface area contributed by atoms with Gasteiger partial charge in [0.25, 0.3) is 0 Å². The van der Waals surface area contributed by atoms with Crippen molar-refractivity contribution in [3.8, 4) is 0 Å². The van der Waals surface area contributed by atoms with Crippen molar-refractivity contribution < 1.29 is 4.74 Å². The number of ether oxygens (including phenoxy) is 1. The van der Waals surface area contributed by atoms with Gasteiger partial charge in [-0.15, -0.1) is 0 Å². The molecule has 0 aliphatic heterocycles. The Bertz CT molecular complexity index is 96.3. The Labute approximate surface area is 82.6 Å². The molecule has 0 aromatic heterocycles. The first-order chi connectivity index (χ1) is 5.93. The van der Waals surface area contributed by atoms with Gasteiger partial charge in [-0.05, 0) is 19.8 Å². The maximum Gasteiger partial charge on any atom is 0.0575 e. The number of hydrogen-bond donors (Lipinski definition) is 1. The van der Waals surface area contributed by atoms with Gasteiger partial charge in [-0.2, -0.15) is 0 Å². The lowest BCUT2D eigenvalue weighted by molar-refractivity contribution is 0.0484. The molecule has 1 aliphatic rings. The highest BCUT2D eigenvalue weighted by atomic mass is 16.5. The minimum absolute atomic E-state index is 0. The average molecular weight is 187 g/mol. The summed E-state index contributed by atoms with van der Waals surface area (Å²) in [5.74, 6) is 0. The van der Waals surface area contributed by atoms with Crippen LogP contribution < -0.4 is 6.15 Å². The Morgan fingerprint density at radius 3 is 1.85 bits per heavy atom. The summed E-state index contributed by atoms with van der Waals surface area (Å²) >= 11 is 0. The third kappa shape index (κ3) is 6.05. The lowest BCUT2D eigenvalue weighted by Gasteiger charge is -2.15. The van der Waals surface area contributed by atoms with Crippen LogP contribution in [-0.4, -0.2) is 12.7 Å². The van der Waals surface area contributed by atoms with Gasteiger partial charge in [-0.25, -0.2) is 0 Å². The van der Waals surface area contributed by atoms with E-state index in [1.54, 1.807) is 0 Å². The fourth-order valence-electron chi connectivity index (χ4n) is 2.00. The lowest BCUT2D eigenvalue weighted by Crippen LogP contribution is -2.12. The predicted octanol–water partition coefficient (Wildman–Crippen LogP) is 3.69. The zero-order chi connectivity index (χ0) is 8.65. The van der Waals surface area contributed by atoms with E-state index < -0.39 is 0 Å². The summed E-state index contributed by atoms with van der Waals surface area (Å²) in [5, 5.41) is 0. The van der Waals surface area contributed by atoms with Crippen molar-refractivity contribution in [2.75, 3.05) is 6.61 Å². The summed E-state index contributed by atoms with van der Waals surface area (Å²) in [6.45, 7) is 3.00. The van der Waals surface area contributed by atoms with E-state index in [1.807, 2.05) is 0 Å². The van der Waals surface area contributed by atoms with Gasteiger partial charge in [0.2, 0.25) is 0 Å². The lowest BCUT2D eigenvalue weighted by atomic mass is 10.1. The van der Waals surface area contributed by atoms with Gasteiger partial charge in [0.15, 0.2) is 0 Å². The molecule has 0 unspecified atom stereocenters. The molecule has 0 atom stereocenters. The van der Waals surface area contributed by atoms with Crippen molar-refractivity contribution in [2.45, 2.75) is 64.4 Å². The maximum atomic E-state index is 5.67. The van der Waals surface area contributed by atoms with E-state index in [0.29, 0.717) is 6.10 Å². The van der Waals surface area contributed by atoms with E-state index in [-0.39, 0.29) is 6.15 Å².